The van der Waals surface area contributed by atoms with Crippen molar-refractivity contribution < 1.29 is 9.90 Å². The normalized spacial score (nSPS) is 12.5. The van der Waals surface area contributed by atoms with E-state index in [1.807, 2.05) is 18.2 Å². The molecule has 1 N–H and O–H groups in total. The van der Waals surface area contributed by atoms with Crippen LogP contribution >= 0.6 is 23.2 Å². The summed E-state index contributed by atoms with van der Waals surface area (Å²) in [5, 5.41) is 11.4. The van der Waals surface area contributed by atoms with Gasteiger partial charge in [0.1, 0.15) is 0 Å². The number of rotatable bonds is 3. The summed E-state index contributed by atoms with van der Waals surface area (Å²) >= 11 is 12.2. The monoisotopic (exact) mass is 319 g/mol. The summed E-state index contributed by atoms with van der Waals surface area (Å²) in [5.41, 5.74) is 1.39. The Hall–Kier alpha value is -1.97. The van der Waals surface area contributed by atoms with Gasteiger partial charge in [-0.3, -0.25) is 0 Å². The van der Waals surface area contributed by atoms with Gasteiger partial charge in [0, 0.05) is 16.6 Å². The number of hydrogen-bond acceptors (Lipinski definition) is 1. The van der Waals surface area contributed by atoms with E-state index in [-0.39, 0.29) is 0 Å². The summed E-state index contributed by atoms with van der Waals surface area (Å²) in [6, 6.07) is 13.4. The highest BCUT2D eigenvalue weighted by molar-refractivity contribution is 6.38. The first-order valence-corrected chi connectivity index (χ1v) is 7.07. The first-order chi connectivity index (χ1) is 10.1. The van der Waals surface area contributed by atoms with Gasteiger partial charge in [-0.1, -0.05) is 53.5 Å². The largest absolute Gasteiger partial charge is 0.479 e. The van der Waals surface area contributed by atoms with Crippen molar-refractivity contribution in [3.63, 3.8) is 0 Å². The number of fused-ring (bicyclic) bond motifs is 1. The molecule has 0 aliphatic heterocycles. The number of halogens is 2. The Bertz CT molecular complexity index is 812. The molecule has 2 aromatic carbocycles. The minimum atomic E-state index is -0.935. The number of carboxylic acid groups (broad SMARTS) is 1. The molecular formula is C16H11Cl2NO2. The number of carbonyl (C=O) groups is 1. The topological polar surface area (TPSA) is 42.2 Å². The van der Waals surface area contributed by atoms with Crippen LogP contribution in [0.4, 0.5) is 0 Å². The molecule has 0 bridgehead atoms. The lowest BCUT2D eigenvalue weighted by atomic mass is 10.1. The maximum absolute atomic E-state index is 11.7. The highest BCUT2D eigenvalue weighted by Gasteiger charge is 2.23. The number of nitrogens with zero attached hydrogens (tertiary/aromatic N) is 1. The van der Waals surface area contributed by atoms with Gasteiger partial charge in [0.25, 0.3) is 0 Å². The van der Waals surface area contributed by atoms with Crippen LogP contribution in [-0.4, -0.2) is 15.6 Å². The fourth-order valence-corrected chi connectivity index (χ4v) is 3.01. The van der Waals surface area contributed by atoms with Gasteiger partial charge in [0.2, 0.25) is 0 Å². The fourth-order valence-electron chi connectivity index (χ4n) is 2.47. The summed E-state index contributed by atoms with van der Waals surface area (Å²) < 4.78 is 1.67. The van der Waals surface area contributed by atoms with E-state index in [1.165, 1.54) is 0 Å². The van der Waals surface area contributed by atoms with Crippen molar-refractivity contribution in [2.75, 3.05) is 0 Å². The summed E-state index contributed by atoms with van der Waals surface area (Å²) in [6.45, 7) is 0. The number of benzene rings is 2. The lowest BCUT2D eigenvalue weighted by Gasteiger charge is -2.16. The molecule has 21 heavy (non-hydrogen) atoms. The van der Waals surface area contributed by atoms with Crippen molar-refractivity contribution in [3.05, 3.63) is 70.3 Å². The zero-order valence-corrected chi connectivity index (χ0v) is 12.3. The van der Waals surface area contributed by atoms with Crippen LogP contribution in [0.5, 0.6) is 0 Å². The predicted octanol–water partition coefficient (Wildman–Crippen LogP) is 4.62. The van der Waals surface area contributed by atoms with Crippen molar-refractivity contribution >= 4 is 40.1 Å². The molecule has 0 aliphatic rings. The molecule has 0 aliphatic carbocycles. The van der Waals surface area contributed by atoms with Crippen molar-refractivity contribution in [2.45, 2.75) is 6.04 Å². The number of aliphatic carboxylic acids is 1. The molecule has 1 unspecified atom stereocenters. The average molecular weight is 320 g/mol. The van der Waals surface area contributed by atoms with Crippen LogP contribution < -0.4 is 0 Å². The van der Waals surface area contributed by atoms with E-state index in [0.29, 0.717) is 21.1 Å². The predicted molar refractivity (Wildman–Crippen MR) is 84.2 cm³/mol. The Kier molecular flexibility index (Phi) is 3.62. The Morgan fingerprint density at radius 1 is 1.10 bits per heavy atom. The van der Waals surface area contributed by atoms with Gasteiger partial charge >= 0.3 is 5.97 Å². The van der Waals surface area contributed by atoms with Crippen LogP contribution in [0, 0.1) is 0 Å². The van der Waals surface area contributed by atoms with Crippen molar-refractivity contribution in [2.24, 2.45) is 0 Å². The molecule has 1 heterocycles. The molecule has 3 nitrogen and oxygen atoms in total. The Morgan fingerprint density at radius 2 is 1.81 bits per heavy atom. The van der Waals surface area contributed by atoms with Gasteiger partial charge in [-0.25, -0.2) is 4.79 Å². The second-order valence-electron chi connectivity index (χ2n) is 4.69. The quantitative estimate of drug-likeness (QED) is 0.765. The zero-order valence-electron chi connectivity index (χ0n) is 10.8. The third-order valence-corrected chi connectivity index (χ3v) is 3.91. The van der Waals surface area contributed by atoms with E-state index < -0.39 is 12.0 Å². The highest BCUT2D eigenvalue weighted by Crippen LogP contribution is 2.32. The van der Waals surface area contributed by atoms with Gasteiger partial charge in [-0.15, -0.1) is 0 Å². The first-order valence-electron chi connectivity index (χ1n) is 6.31. The van der Waals surface area contributed by atoms with Crippen LogP contribution in [0.15, 0.2) is 54.7 Å². The van der Waals surface area contributed by atoms with Crippen LogP contribution in [0.1, 0.15) is 11.6 Å². The van der Waals surface area contributed by atoms with Crippen LogP contribution in [0.2, 0.25) is 10.0 Å². The van der Waals surface area contributed by atoms with Crippen LogP contribution in [-0.2, 0) is 4.79 Å². The maximum Gasteiger partial charge on any atom is 0.331 e. The molecule has 0 radical (unpaired) electrons. The van der Waals surface area contributed by atoms with E-state index in [1.54, 1.807) is 41.1 Å². The average Bonchev–Trinajstić information content (AvgIpc) is 2.84. The zero-order chi connectivity index (χ0) is 15.0. The van der Waals surface area contributed by atoms with Gasteiger partial charge in [-0.2, -0.15) is 0 Å². The highest BCUT2D eigenvalue weighted by atomic mass is 35.5. The Morgan fingerprint density at radius 3 is 2.48 bits per heavy atom. The third-order valence-electron chi connectivity index (χ3n) is 3.38. The molecule has 0 saturated carbocycles. The first kappa shape index (κ1) is 14.0. The lowest BCUT2D eigenvalue weighted by molar-refractivity contribution is -0.139. The summed E-state index contributed by atoms with van der Waals surface area (Å²) in [6.07, 6.45) is 1.72. The van der Waals surface area contributed by atoms with E-state index >= 15 is 0 Å². The molecule has 3 rings (SSSR count). The SMILES string of the molecule is O=C(O)C(c1ccccc1)n1ccc2c(Cl)cc(Cl)cc21. The van der Waals surface area contributed by atoms with E-state index in [0.717, 1.165) is 5.39 Å². The van der Waals surface area contributed by atoms with Crippen molar-refractivity contribution in [1.82, 2.24) is 4.57 Å². The molecule has 0 fully saturated rings. The molecule has 5 heteroatoms. The molecule has 3 aromatic rings. The molecule has 1 atom stereocenters. The molecule has 106 valence electrons. The number of hydrogen-bond donors (Lipinski definition) is 1. The standard InChI is InChI=1S/C16H11Cl2NO2/c17-11-8-13(18)12-6-7-19(14(12)9-11)15(16(20)21)10-4-2-1-3-5-10/h1-9,15H,(H,20,21). The van der Waals surface area contributed by atoms with E-state index in [4.69, 9.17) is 23.2 Å². The second kappa shape index (κ2) is 5.43. The number of carboxylic acids is 1. The second-order valence-corrected chi connectivity index (χ2v) is 5.54. The Balaban J connectivity index is 2.24. The summed E-state index contributed by atoms with van der Waals surface area (Å²) in [5.74, 6) is -0.935. The maximum atomic E-state index is 11.7. The summed E-state index contributed by atoms with van der Waals surface area (Å²) in [4.78, 5) is 11.7. The van der Waals surface area contributed by atoms with Gasteiger partial charge in [0.15, 0.2) is 6.04 Å². The molecule has 0 saturated heterocycles. The van der Waals surface area contributed by atoms with E-state index in [9.17, 15) is 9.90 Å². The van der Waals surface area contributed by atoms with Gasteiger partial charge in [0.05, 0.1) is 10.5 Å². The summed E-state index contributed by atoms with van der Waals surface area (Å²) in [7, 11) is 0. The molecular weight excluding hydrogens is 309 g/mol. The molecule has 1 aromatic heterocycles. The smallest absolute Gasteiger partial charge is 0.331 e. The van der Waals surface area contributed by atoms with Crippen LogP contribution in [0.25, 0.3) is 10.9 Å². The molecule has 0 amide bonds. The third kappa shape index (κ3) is 2.50. The lowest BCUT2D eigenvalue weighted by Crippen LogP contribution is -2.19. The number of aromatic nitrogens is 1. The van der Waals surface area contributed by atoms with E-state index in [2.05, 4.69) is 0 Å². The minimum Gasteiger partial charge on any atom is -0.479 e. The van der Waals surface area contributed by atoms with Crippen molar-refractivity contribution in [1.29, 1.82) is 0 Å². The van der Waals surface area contributed by atoms with Gasteiger partial charge in [-0.05, 0) is 23.8 Å². The fraction of sp³-hybridized carbons (Fsp3) is 0.0625. The van der Waals surface area contributed by atoms with Crippen molar-refractivity contribution in [3.8, 4) is 0 Å². The van der Waals surface area contributed by atoms with Gasteiger partial charge < -0.3 is 9.67 Å². The molecule has 0 spiro atoms. The minimum absolute atomic E-state index is 0.477. The Labute approximate surface area is 131 Å². The van der Waals surface area contributed by atoms with Crippen LogP contribution in [0.3, 0.4) is 0 Å².